The van der Waals surface area contributed by atoms with Gasteiger partial charge in [0.05, 0.1) is 6.04 Å². The van der Waals surface area contributed by atoms with E-state index < -0.39 is 17.7 Å². The Labute approximate surface area is 132 Å². The zero-order chi connectivity index (χ0) is 17.1. The quantitative estimate of drug-likeness (QED) is 0.862. The van der Waals surface area contributed by atoms with Crippen LogP contribution < -0.4 is 5.32 Å². The highest BCUT2D eigenvalue weighted by Crippen LogP contribution is 2.21. The Kier molecular flexibility index (Phi) is 5.97. The van der Waals surface area contributed by atoms with E-state index in [1.165, 1.54) is 6.92 Å². The van der Waals surface area contributed by atoms with Crippen LogP contribution in [0.5, 0.6) is 0 Å². The molecule has 0 radical (unpaired) electrons. The minimum atomic E-state index is -0.685. The molecular formula is C16H28N2O4. The largest absolute Gasteiger partial charge is 0.444 e. The summed E-state index contributed by atoms with van der Waals surface area (Å²) in [5.74, 6) is -0.308. The Morgan fingerprint density at radius 3 is 2.27 bits per heavy atom. The Hall–Kier alpha value is -1.59. The van der Waals surface area contributed by atoms with Crippen molar-refractivity contribution in [2.45, 2.75) is 72.1 Å². The van der Waals surface area contributed by atoms with E-state index in [0.29, 0.717) is 13.0 Å². The van der Waals surface area contributed by atoms with Crippen molar-refractivity contribution in [3.8, 4) is 0 Å². The second-order valence-corrected chi connectivity index (χ2v) is 7.17. The van der Waals surface area contributed by atoms with Gasteiger partial charge >= 0.3 is 6.09 Å². The summed E-state index contributed by atoms with van der Waals surface area (Å²) in [6.07, 6.45) is 0.893. The lowest BCUT2D eigenvalue weighted by Gasteiger charge is -2.30. The third kappa shape index (κ3) is 5.00. The van der Waals surface area contributed by atoms with Gasteiger partial charge in [0.2, 0.25) is 5.91 Å². The molecule has 1 saturated heterocycles. The molecule has 1 N–H and O–H groups in total. The highest BCUT2D eigenvalue weighted by molar-refractivity contribution is 5.91. The maximum Gasteiger partial charge on any atom is 0.408 e. The predicted molar refractivity (Wildman–Crippen MR) is 83.4 cm³/mol. The molecule has 1 aliphatic heterocycles. The first-order valence-electron chi connectivity index (χ1n) is 7.83. The third-order valence-corrected chi connectivity index (χ3v) is 3.61. The highest BCUT2D eigenvalue weighted by atomic mass is 16.6. The van der Waals surface area contributed by atoms with Crippen LogP contribution in [-0.2, 0) is 14.3 Å². The number of likely N-dealkylation sites (tertiary alicyclic amines) is 1. The average Bonchev–Trinajstić information content (AvgIpc) is 2.81. The van der Waals surface area contributed by atoms with Gasteiger partial charge in [-0.2, -0.15) is 0 Å². The minimum Gasteiger partial charge on any atom is -0.444 e. The summed E-state index contributed by atoms with van der Waals surface area (Å²) in [5.41, 5.74) is -0.621. The number of Topliss-reactive ketones (excluding diaryl/α,β-unsaturated/α-hetero) is 1. The van der Waals surface area contributed by atoms with Gasteiger partial charge in [0.1, 0.15) is 11.6 Å². The zero-order valence-corrected chi connectivity index (χ0v) is 14.4. The smallest absolute Gasteiger partial charge is 0.408 e. The predicted octanol–water partition coefficient (Wildman–Crippen LogP) is 2.12. The number of rotatable bonds is 4. The van der Waals surface area contributed by atoms with E-state index in [9.17, 15) is 14.4 Å². The number of carbonyl (C=O) groups excluding carboxylic acids is 3. The number of ether oxygens (including phenoxy) is 1. The summed E-state index contributed by atoms with van der Waals surface area (Å²) < 4.78 is 5.22. The number of amides is 2. The number of alkyl carbamates (subject to hydrolysis) is 1. The van der Waals surface area contributed by atoms with Gasteiger partial charge in [0.25, 0.3) is 0 Å². The van der Waals surface area contributed by atoms with Crippen molar-refractivity contribution in [3.63, 3.8) is 0 Å². The first-order valence-corrected chi connectivity index (χ1v) is 7.83. The van der Waals surface area contributed by atoms with E-state index in [2.05, 4.69) is 5.32 Å². The number of nitrogens with zero attached hydrogens (tertiary/aromatic N) is 1. The summed E-state index contributed by atoms with van der Waals surface area (Å²) in [6.45, 7) is 11.1. The molecule has 0 aromatic carbocycles. The van der Waals surface area contributed by atoms with Crippen LogP contribution in [0.1, 0.15) is 54.4 Å². The van der Waals surface area contributed by atoms with Gasteiger partial charge in [-0.15, -0.1) is 0 Å². The normalized spacial score (nSPS) is 20.0. The molecule has 0 spiro atoms. The van der Waals surface area contributed by atoms with Crippen LogP contribution in [0.4, 0.5) is 4.79 Å². The van der Waals surface area contributed by atoms with Crippen molar-refractivity contribution >= 4 is 17.8 Å². The van der Waals surface area contributed by atoms with Crippen molar-refractivity contribution in [1.29, 1.82) is 0 Å². The fourth-order valence-electron chi connectivity index (χ4n) is 2.58. The molecule has 0 saturated carbocycles. The van der Waals surface area contributed by atoms with Gasteiger partial charge in [-0.05, 0) is 46.5 Å². The standard InChI is InChI=1S/C16H28N2O4/c1-10(2)13(17-15(21)22-16(4,5)6)14(20)18-9-7-8-12(18)11(3)19/h10,12-13H,7-9H2,1-6H3,(H,17,21)/t12-,13+/m0/s1. The maximum absolute atomic E-state index is 12.7. The summed E-state index contributed by atoms with van der Waals surface area (Å²) >= 11 is 0. The minimum absolute atomic E-state index is 0.00868. The second-order valence-electron chi connectivity index (χ2n) is 7.17. The summed E-state index contributed by atoms with van der Waals surface area (Å²) in [4.78, 5) is 37.9. The summed E-state index contributed by atoms with van der Waals surface area (Å²) in [7, 11) is 0. The lowest BCUT2D eigenvalue weighted by atomic mass is 10.0. The fraction of sp³-hybridized carbons (Fsp3) is 0.812. The van der Waals surface area contributed by atoms with Gasteiger partial charge in [0, 0.05) is 6.54 Å². The highest BCUT2D eigenvalue weighted by Gasteiger charge is 2.37. The lowest BCUT2D eigenvalue weighted by Crippen LogP contribution is -2.54. The van der Waals surface area contributed by atoms with Gasteiger partial charge in [-0.3, -0.25) is 9.59 Å². The molecule has 6 heteroatoms. The summed E-state index contributed by atoms with van der Waals surface area (Å²) in [5, 5.41) is 2.65. The molecule has 1 fully saturated rings. The number of nitrogens with one attached hydrogen (secondary N) is 1. The van der Waals surface area contributed by atoms with E-state index in [1.807, 2.05) is 13.8 Å². The molecular weight excluding hydrogens is 284 g/mol. The molecule has 1 aliphatic rings. The molecule has 22 heavy (non-hydrogen) atoms. The van der Waals surface area contributed by atoms with Gasteiger partial charge in [0.15, 0.2) is 5.78 Å². The molecule has 0 bridgehead atoms. The maximum atomic E-state index is 12.7. The molecule has 126 valence electrons. The van der Waals surface area contributed by atoms with Crippen molar-refractivity contribution in [1.82, 2.24) is 10.2 Å². The number of hydrogen-bond donors (Lipinski definition) is 1. The van der Waals surface area contributed by atoms with E-state index in [1.54, 1.807) is 25.7 Å². The number of hydrogen-bond acceptors (Lipinski definition) is 4. The number of carbonyl (C=O) groups is 3. The van der Waals surface area contributed by atoms with E-state index in [-0.39, 0.29) is 23.7 Å². The molecule has 2 amide bonds. The first-order chi connectivity index (χ1) is 10.0. The van der Waals surface area contributed by atoms with E-state index in [4.69, 9.17) is 4.74 Å². The van der Waals surface area contributed by atoms with Crippen LogP contribution in [0.25, 0.3) is 0 Å². The monoisotopic (exact) mass is 312 g/mol. The Morgan fingerprint density at radius 2 is 1.82 bits per heavy atom. The second kappa shape index (κ2) is 7.11. The Balaban J connectivity index is 2.80. The van der Waals surface area contributed by atoms with Crippen LogP contribution >= 0.6 is 0 Å². The Bertz CT molecular complexity index is 440. The first kappa shape index (κ1) is 18.5. The molecule has 0 aliphatic carbocycles. The van der Waals surface area contributed by atoms with Crippen LogP contribution in [0.15, 0.2) is 0 Å². The summed E-state index contributed by atoms with van der Waals surface area (Å²) in [6, 6.07) is -1.05. The van der Waals surface area contributed by atoms with Crippen LogP contribution in [0, 0.1) is 5.92 Å². The fourth-order valence-corrected chi connectivity index (χ4v) is 2.58. The van der Waals surface area contributed by atoms with Crippen LogP contribution in [-0.4, -0.2) is 46.9 Å². The van der Waals surface area contributed by atoms with Crippen molar-refractivity contribution in [2.75, 3.05) is 6.54 Å². The third-order valence-electron chi connectivity index (χ3n) is 3.61. The molecule has 1 heterocycles. The van der Waals surface area contributed by atoms with Gasteiger partial charge in [-0.1, -0.05) is 13.8 Å². The van der Waals surface area contributed by atoms with Gasteiger partial charge in [-0.25, -0.2) is 4.79 Å². The van der Waals surface area contributed by atoms with Gasteiger partial charge < -0.3 is 15.0 Å². The van der Waals surface area contributed by atoms with Crippen LogP contribution in [0.2, 0.25) is 0 Å². The van der Waals surface area contributed by atoms with Crippen molar-refractivity contribution in [2.24, 2.45) is 5.92 Å². The Morgan fingerprint density at radius 1 is 1.23 bits per heavy atom. The molecule has 6 nitrogen and oxygen atoms in total. The molecule has 1 rings (SSSR count). The molecule has 0 aromatic rings. The molecule has 0 aromatic heterocycles. The zero-order valence-electron chi connectivity index (χ0n) is 14.4. The van der Waals surface area contributed by atoms with Crippen molar-refractivity contribution in [3.05, 3.63) is 0 Å². The molecule has 0 unspecified atom stereocenters. The average molecular weight is 312 g/mol. The van der Waals surface area contributed by atoms with E-state index in [0.717, 1.165) is 6.42 Å². The lowest BCUT2D eigenvalue weighted by molar-refractivity contribution is -0.139. The topological polar surface area (TPSA) is 75.7 Å². The van der Waals surface area contributed by atoms with E-state index >= 15 is 0 Å². The van der Waals surface area contributed by atoms with Crippen LogP contribution in [0.3, 0.4) is 0 Å². The number of ketones is 1. The SMILES string of the molecule is CC(=O)[C@@H]1CCCN1C(=O)[C@H](NC(=O)OC(C)(C)C)C(C)C. The molecule has 2 atom stereocenters. The van der Waals surface area contributed by atoms with Crippen molar-refractivity contribution < 1.29 is 19.1 Å².